The van der Waals surface area contributed by atoms with Gasteiger partial charge in [0.1, 0.15) is 11.3 Å². The average molecular weight is 239 g/mol. The van der Waals surface area contributed by atoms with Gasteiger partial charge in [0.05, 0.1) is 0 Å². The lowest BCUT2D eigenvalue weighted by Crippen LogP contribution is -1.99. The molecule has 1 aromatic heterocycles. The molecule has 88 valence electrons. The quantitative estimate of drug-likeness (QED) is 0.711. The molecule has 4 nitrogen and oxygen atoms in total. The molecule has 0 bridgehead atoms. The molecule has 0 amide bonds. The molecular weight excluding hydrogens is 229 g/mol. The SMILES string of the molecule is OBOc1ccc(-c2nc3ccccc3o2)cc1. The van der Waals surface area contributed by atoms with Gasteiger partial charge in [0.2, 0.25) is 5.89 Å². The van der Waals surface area contributed by atoms with Crippen LogP contribution in [-0.4, -0.2) is 17.7 Å². The molecule has 0 aliphatic rings. The predicted octanol–water partition coefficient (Wildman–Crippen LogP) is 2.13. The number of para-hydroxylation sites is 2. The number of fused-ring (bicyclic) bond motifs is 1. The van der Waals surface area contributed by atoms with E-state index in [1.54, 1.807) is 12.1 Å². The van der Waals surface area contributed by atoms with Crippen molar-refractivity contribution in [1.29, 1.82) is 0 Å². The van der Waals surface area contributed by atoms with E-state index in [0.717, 1.165) is 16.7 Å². The van der Waals surface area contributed by atoms with Gasteiger partial charge in [0, 0.05) is 5.56 Å². The average Bonchev–Trinajstić information content (AvgIpc) is 2.84. The first-order chi connectivity index (χ1) is 8.86. The molecule has 0 aliphatic carbocycles. The van der Waals surface area contributed by atoms with E-state index >= 15 is 0 Å². The lowest BCUT2D eigenvalue weighted by molar-refractivity contribution is 0.454. The Morgan fingerprint density at radius 1 is 1.06 bits per heavy atom. The number of aromatic nitrogens is 1. The number of hydrogen-bond donors (Lipinski definition) is 1. The summed E-state index contributed by atoms with van der Waals surface area (Å²) in [5.41, 5.74) is 2.47. The molecule has 0 spiro atoms. The number of benzene rings is 2. The molecule has 1 heterocycles. The van der Waals surface area contributed by atoms with Crippen molar-refractivity contribution in [3.05, 3.63) is 48.5 Å². The van der Waals surface area contributed by atoms with E-state index in [2.05, 4.69) is 4.98 Å². The highest BCUT2D eigenvalue weighted by Gasteiger charge is 2.07. The van der Waals surface area contributed by atoms with Crippen LogP contribution in [0.2, 0.25) is 0 Å². The van der Waals surface area contributed by atoms with Crippen molar-refractivity contribution in [3.8, 4) is 17.2 Å². The Bertz CT molecular complexity index is 630. The Labute approximate surface area is 104 Å². The molecule has 3 aromatic rings. The first kappa shape index (κ1) is 10.9. The standard InChI is InChI=1S/C13H10BNO3/c16-14-18-10-7-5-9(6-8-10)13-15-11-3-1-2-4-12(11)17-13/h1-8,14,16H. The predicted molar refractivity (Wildman–Crippen MR) is 69.4 cm³/mol. The maximum atomic E-state index is 8.65. The molecule has 1 N–H and O–H groups in total. The second-order valence-electron chi connectivity index (χ2n) is 3.78. The summed E-state index contributed by atoms with van der Waals surface area (Å²) >= 11 is 0. The maximum absolute atomic E-state index is 8.65. The molecule has 0 saturated heterocycles. The van der Waals surface area contributed by atoms with Gasteiger partial charge in [0.25, 0.3) is 0 Å². The van der Waals surface area contributed by atoms with Crippen LogP contribution in [0.3, 0.4) is 0 Å². The Morgan fingerprint density at radius 2 is 1.83 bits per heavy atom. The summed E-state index contributed by atoms with van der Waals surface area (Å²) in [4.78, 5) is 4.40. The molecule has 0 saturated carbocycles. The molecule has 0 radical (unpaired) electrons. The minimum Gasteiger partial charge on any atom is -0.539 e. The van der Waals surface area contributed by atoms with Crippen LogP contribution in [0, 0.1) is 0 Å². The Balaban J connectivity index is 1.98. The van der Waals surface area contributed by atoms with Crippen LogP contribution in [0.25, 0.3) is 22.6 Å². The summed E-state index contributed by atoms with van der Waals surface area (Å²) in [5, 5.41) is 8.65. The summed E-state index contributed by atoms with van der Waals surface area (Å²) in [5.74, 6) is 1.18. The molecule has 0 unspecified atom stereocenters. The molecule has 0 atom stereocenters. The summed E-state index contributed by atoms with van der Waals surface area (Å²) in [6, 6.07) is 14.8. The Hall–Kier alpha value is -2.27. The Morgan fingerprint density at radius 3 is 2.56 bits per heavy atom. The zero-order valence-corrected chi connectivity index (χ0v) is 9.54. The molecule has 18 heavy (non-hydrogen) atoms. The van der Waals surface area contributed by atoms with E-state index < -0.39 is 0 Å². The van der Waals surface area contributed by atoms with Crippen molar-refractivity contribution in [2.45, 2.75) is 0 Å². The molecule has 3 rings (SSSR count). The molecular formula is C13H10BNO3. The molecule has 2 aromatic carbocycles. The first-order valence-electron chi connectivity index (χ1n) is 5.56. The first-order valence-corrected chi connectivity index (χ1v) is 5.56. The fourth-order valence-corrected chi connectivity index (χ4v) is 1.76. The normalized spacial score (nSPS) is 10.5. The van der Waals surface area contributed by atoms with Crippen LogP contribution in [0.1, 0.15) is 0 Å². The molecule has 5 heteroatoms. The van der Waals surface area contributed by atoms with Crippen LogP contribution in [0.15, 0.2) is 52.9 Å². The molecule has 0 aliphatic heterocycles. The lowest BCUT2D eigenvalue weighted by Gasteiger charge is -2.01. The van der Waals surface area contributed by atoms with E-state index in [1.807, 2.05) is 36.4 Å². The molecule has 0 fully saturated rings. The fraction of sp³-hybridized carbons (Fsp3) is 0. The highest BCUT2D eigenvalue weighted by molar-refractivity contribution is 6.17. The van der Waals surface area contributed by atoms with Crippen LogP contribution in [0.5, 0.6) is 5.75 Å². The van der Waals surface area contributed by atoms with Crippen molar-refractivity contribution in [2.24, 2.45) is 0 Å². The number of nitrogens with zero attached hydrogens (tertiary/aromatic N) is 1. The van der Waals surface area contributed by atoms with Crippen molar-refractivity contribution >= 4 is 18.8 Å². The monoisotopic (exact) mass is 239 g/mol. The second kappa shape index (κ2) is 4.54. The Kier molecular flexibility index (Phi) is 2.74. The van der Waals surface area contributed by atoms with Gasteiger partial charge in [-0.3, -0.25) is 0 Å². The third-order valence-corrected chi connectivity index (χ3v) is 2.63. The van der Waals surface area contributed by atoms with Gasteiger partial charge < -0.3 is 14.1 Å². The summed E-state index contributed by atoms with van der Waals surface area (Å²) in [6.45, 7) is 0. The van der Waals surface area contributed by atoms with Gasteiger partial charge >= 0.3 is 7.69 Å². The second-order valence-corrected chi connectivity index (χ2v) is 3.78. The maximum Gasteiger partial charge on any atom is 0.504 e. The van der Waals surface area contributed by atoms with Crippen LogP contribution < -0.4 is 4.65 Å². The third-order valence-electron chi connectivity index (χ3n) is 2.63. The minimum atomic E-state index is -0.331. The highest BCUT2D eigenvalue weighted by atomic mass is 16.5. The van der Waals surface area contributed by atoms with Gasteiger partial charge in [-0.15, -0.1) is 0 Å². The van der Waals surface area contributed by atoms with Gasteiger partial charge in [-0.25, -0.2) is 4.98 Å². The van der Waals surface area contributed by atoms with Crippen LogP contribution >= 0.6 is 0 Å². The van der Waals surface area contributed by atoms with Crippen molar-refractivity contribution < 1.29 is 14.1 Å². The van der Waals surface area contributed by atoms with E-state index in [-0.39, 0.29) is 7.69 Å². The number of rotatable bonds is 3. The van der Waals surface area contributed by atoms with Gasteiger partial charge in [-0.1, -0.05) is 12.1 Å². The summed E-state index contributed by atoms with van der Waals surface area (Å²) in [6.07, 6.45) is 0. The zero-order valence-electron chi connectivity index (χ0n) is 9.54. The zero-order chi connectivity index (χ0) is 12.4. The van der Waals surface area contributed by atoms with Gasteiger partial charge in [-0.2, -0.15) is 0 Å². The van der Waals surface area contributed by atoms with Crippen LogP contribution in [-0.2, 0) is 0 Å². The van der Waals surface area contributed by atoms with E-state index in [0.29, 0.717) is 11.6 Å². The highest BCUT2D eigenvalue weighted by Crippen LogP contribution is 2.25. The van der Waals surface area contributed by atoms with Crippen molar-refractivity contribution in [3.63, 3.8) is 0 Å². The van der Waals surface area contributed by atoms with Crippen LogP contribution in [0.4, 0.5) is 0 Å². The topological polar surface area (TPSA) is 55.5 Å². The van der Waals surface area contributed by atoms with E-state index in [9.17, 15) is 0 Å². The number of hydrogen-bond acceptors (Lipinski definition) is 4. The minimum absolute atomic E-state index is 0.331. The smallest absolute Gasteiger partial charge is 0.504 e. The van der Waals surface area contributed by atoms with Gasteiger partial charge in [0.15, 0.2) is 5.58 Å². The van der Waals surface area contributed by atoms with Crippen molar-refractivity contribution in [2.75, 3.05) is 0 Å². The van der Waals surface area contributed by atoms with Gasteiger partial charge in [-0.05, 0) is 36.4 Å². The van der Waals surface area contributed by atoms with Crippen molar-refractivity contribution in [1.82, 2.24) is 4.98 Å². The summed E-state index contributed by atoms with van der Waals surface area (Å²) < 4.78 is 10.6. The largest absolute Gasteiger partial charge is 0.539 e. The fourth-order valence-electron chi connectivity index (χ4n) is 1.76. The third kappa shape index (κ3) is 1.96. The van der Waals surface area contributed by atoms with E-state index in [4.69, 9.17) is 14.1 Å². The summed E-state index contributed by atoms with van der Waals surface area (Å²) in [7, 11) is -0.331. The lowest BCUT2D eigenvalue weighted by atomic mass is 10.2. The number of oxazole rings is 1. The van der Waals surface area contributed by atoms with E-state index in [1.165, 1.54) is 0 Å².